The van der Waals surface area contributed by atoms with Crippen LogP contribution in [0.5, 0.6) is 11.5 Å². The van der Waals surface area contributed by atoms with Crippen molar-refractivity contribution < 1.29 is 9.47 Å². The molecule has 0 bridgehead atoms. The van der Waals surface area contributed by atoms with Crippen molar-refractivity contribution in [3.05, 3.63) is 22.7 Å². The van der Waals surface area contributed by atoms with Gasteiger partial charge in [0.15, 0.2) is 11.5 Å². The highest BCUT2D eigenvalue weighted by molar-refractivity contribution is 6.31. The first-order valence-electron chi connectivity index (χ1n) is 6.82. The summed E-state index contributed by atoms with van der Waals surface area (Å²) in [6.45, 7) is 5.32. The van der Waals surface area contributed by atoms with Gasteiger partial charge in [0, 0.05) is 17.1 Å². The summed E-state index contributed by atoms with van der Waals surface area (Å²) in [5.41, 5.74) is 1.08. The molecule has 0 saturated heterocycles. The second kappa shape index (κ2) is 8.28. The quantitative estimate of drug-likeness (QED) is 0.776. The van der Waals surface area contributed by atoms with Crippen LogP contribution in [0, 0.1) is 0 Å². The largest absolute Gasteiger partial charge is 0.493 e. The molecule has 1 aromatic rings. The summed E-state index contributed by atoms with van der Waals surface area (Å²) >= 11 is 6.37. The van der Waals surface area contributed by atoms with Crippen molar-refractivity contribution in [1.82, 2.24) is 5.32 Å². The summed E-state index contributed by atoms with van der Waals surface area (Å²) in [7, 11) is 3.26. The standard InChI is InChI=1S/C15H24ClNO2/c1-5-7-13(17-8-6-2)11-9-14(18-3)15(19-4)10-12(11)16/h9-10,13,17H,5-8H2,1-4H3. The highest BCUT2D eigenvalue weighted by atomic mass is 35.5. The predicted octanol–water partition coefficient (Wildman–Crippen LogP) is 4.20. The zero-order valence-electron chi connectivity index (χ0n) is 12.3. The molecule has 4 heteroatoms. The molecule has 108 valence electrons. The Bertz CT molecular complexity index is 396. The first-order valence-corrected chi connectivity index (χ1v) is 7.20. The monoisotopic (exact) mass is 285 g/mol. The zero-order chi connectivity index (χ0) is 14.3. The summed E-state index contributed by atoms with van der Waals surface area (Å²) in [6.07, 6.45) is 3.26. The van der Waals surface area contributed by atoms with Crippen LogP contribution in [0.15, 0.2) is 12.1 Å². The number of methoxy groups -OCH3 is 2. The number of hydrogen-bond donors (Lipinski definition) is 1. The van der Waals surface area contributed by atoms with Crippen LogP contribution >= 0.6 is 11.6 Å². The van der Waals surface area contributed by atoms with Gasteiger partial charge in [-0.15, -0.1) is 0 Å². The minimum absolute atomic E-state index is 0.261. The first kappa shape index (κ1) is 16.1. The van der Waals surface area contributed by atoms with Gasteiger partial charge in [-0.25, -0.2) is 0 Å². The van der Waals surface area contributed by atoms with Crippen molar-refractivity contribution >= 4 is 11.6 Å². The SMILES string of the molecule is CCCNC(CCC)c1cc(OC)c(OC)cc1Cl. The van der Waals surface area contributed by atoms with E-state index in [9.17, 15) is 0 Å². The molecule has 1 N–H and O–H groups in total. The van der Waals surface area contributed by atoms with Gasteiger partial charge in [-0.3, -0.25) is 0 Å². The molecule has 3 nitrogen and oxygen atoms in total. The summed E-state index contributed by atoms with van der Waals surface area (Å²) in [6, 6.07) is 4.06. The summed E-state index contributed by atoms with van der Waals surface area (Å²) in [5, 5.41) is 4.26. The Labute approximate surface area is 121 Å². The first-order chi connectivity index (χ1) is 9.17. The highest BCUT2D eigenvalue weighted by Gasteiger charge is 2.17. The van der Waals surface area contributed by atoms with E-state index in [2.05, 4.69) is 19.2 Å². The Morgan fingerprint density at radius 1 is 1.11 bits per heavy atom. The average Bonchev–Trinajstić information content (AvgIpc) is 2.43. The van der Waals surface area contributed by atoms with Gasteiger partial charge in [-0.1, -0.05) is 31.9 Å². The zero-order valence-corrected chi connectivity index (χ0v) is 13.0. The Hall–Kier alpha value is -0.930. The van der Waals surface area contributed by atoms with Crippen molar-refractivity contribution in [2.45, 2.75) is 39.2 Å². The predicted molar refractivity (Wildman–Crippen MR) is 80.5 cm³/mol. The molecule has 0 spiro atoms. The maximum absolute atomic E-state index is 6.37. The van der Waals surface area contributed by atoms with Crippen molar-refractivity contribution in [2.24, 2.45) is 0 Å². The van der Waals surface area contributed by atoms with Crippen LogP contribution in [0.4, 0.5) is 0 Å². The van der Waals surface area contributed by atoms with Crippen molar-refractivity contribution in [3.8, 4) is 11.5 Å². The fraction of sp³-hybridized carbons (Fsp3) is 0.600. The van der Waals surface area contributed by atoms with Crippen LogP contribution < -0.4 is 14.8 Å². The van der Waals surface area contributed by atoms with E-state index in [1.54, 1.807) is 14.2 Å². The number of ether oxygens (including phenoxy) is 2. The molecule has 0 aliphatic rings. The normalized spacial score (nSPS) is 12.3. The lowest BCUT2D eigenvalue weighted by molar-refractivity contribution is 0.353. The van der Waals surface area contributed by atoms with E-state index in [0.29, 0.717) is 5.75 Å². The molecule has 0 aliphatic carbocycles. The second-order valence-electron chi connectivity index (χ2n) is 4.52. The average molecular weight is 286 g/mol. The summed E-state index contributed by atoms with van der Waals surface area (Å²) in [4.78, 5) is 0. The molecular formula is C15H24ClNO2. The number of nitrogens with one attached hydrogen (secondary N) is 1. The minimum Gasteiger partial charge on any atom is -0.493 e. The van der Waals surface area contributed by atoms with E-state index in [1.807, 2.05) is 12.1 Å². The molecule has 0 amide bonds. The minimum atomic E-state index is 0.261. The van der Waals surface area contributed by atoms with Crippen molar-refractivity contribution in [1.29, 1.82) is 0 Å². The molecule has 19 heavy (non-hydrogen) atoms. The van der Waals surface area contributed by atoms with Gasteiger partial charge in [0.1, 0.15) is 0 Å². The van der Waals surface area contributed by atoms with Crippen LogP contribution in [0.3, 0.4) is 0 Å². The van der Waals surface area contributed by atoms with Crippen LogP contribution in [-0.2, 0) is 0 Å². The molecule has 0 aliphatic heterocycles. The van der Waals surface area contributed by atoms with Crippen LogP contribution in [0.1, 0.15) is 44.7 Å². The van der Waals surface area contributed by atoms with E-state index in [0.717, 1.165) is 42.1 Å². The maximum Gasteiger partial charge on any atom is 0.162 e. The van der Waals surface area contributed by atoms with Gasteiger partial charge >= 0.3 is 0 Å². The topological polar surface area (TPSA) is 30.5 Å². The molecule has 1 aromatic carbocycles. The van der Waals surface area contributed by atoms with E-state index in [-0.39, 0.29) is 6.04 Å². The van der Waals surface area contributed by atoms with E-state index in [1.165, 1.54) is 0 Å². The number of halogens is 1. The van der Waals surface area contributed by atoms with Gasteiger partial charge in [-0.05, 0) is 31.0 Å². The molecular weight excluding hydrogens is 262 g/mol. The van der Waals surface area contributed by atoms with E-state index >= 15 is 0 Å². The van der Waals surface area contributed by atoms with Gasteiger partial charge in [-0.2, -0.15) is 0 Å². The van der Waals surface area contributed by atoms with Crippen molar-refractivity contribution in [3.63, 3.8) is 0 Å². The van der Waals surface area contributed by atoms with Gasteiger partial charge in [0.2, 0.25) is 0 Å². The molecule has 1 unspecified atom stereocenters. The van der Waals surface area contributed by atoms with Gasteiger partial charge in [0.25, 0.3) is 0 Å². The van der Waals surface area contributed by atoms with Gasteiger partial charge in [0.05, 0.1) is 14.2 Å². The second-order valence-corrected chi connectivity index (χ2v) is 4.93. The van der Waals surface area contributed by atoms with Crippen LogP contribution in [-0.4, -0.2) is 20.8 Å². The Morgan fingerprint density at radius 2 is 1.74 bits per heavy atom. The number of benzene rings is 1. The lowest BCUT2D eigenvalue weighted by atomic mass is 10.0. The smallest absolute Gasteiger partial charge is 0.162 e. The molecule has 0 heterocycles. The summed E-state index contributed by atoms with van der Waals surface area (Å²) in [5.74, 6) is 1.39. The van der Waals surface area contributed by atoms with Gasteiger partial charge < -0.3 is 14.8 Å². The van der Waals surface area contributed by atoms with Crippen molar-refractivity contribution in [2.75, 3.05) is 20.8 Å². The fourth-order valence-electron chi connectivity index (χ4n) is 2.11. The maximum atomic E-state index is 6.37. The third-order valence-electron chi connectivity index (χ3n) is 3.10. The van der Waals surface area contributed by atoms with E-state index < -0.39 is 0 Å². The third-order valence-corrected chi connectivity index (χ3v) is 3.42. The summed E-state index contributed by atoms with van der Waals surface area (Å²) < 4.78 is 10.6. The Balaban J connectivity index is 3.07. The number of rotatable bonds is 8. The lowest BCUT2D eigenvalue weighted by Crippen LogP contribution is -2.22. The van der Waals surface area contributed by atoms with Crippen LogP contribution in [0.2, 0.25) is 5.02 Å². The molecule has 1 atom stereocenters. The lowest BCUT2D eigenvalue weighted by Gasteiger charge is -2.21. The molecule has 0 radical (unpaired) electrons. The van der Waals surface area contributed by atoms with Crippen LogP contribution in [0.25, 0.3) is 0 Å². The molecule has 1 rings (SSSR count). The molecule has 0 fully saturated rings. The number of hydrogen-bond acceptors (Lipinski definition) is 3. The fourth-order valence-corrected chi connectivity index (χ4v) is 2.40. The molecule has 0 aromatic heterocycles. The Morgan fingerprint density at radius 3 is 2.26 bits per heavy atom. The van der Waals surface area contributed by atoms with E-state index in [4.69, 9.17) is 21.1 Å². The molecule has 0 saturated carbocycles. The third kappa shape index (κ3) is 4.29. The Kier molecular flexibility index (Phi) is 7.03. The highest BCUT2D eigenvalue weighted by Crippen LogP contribution is 2.36.